The monoisotopic (exact) mass is 363 g/mol. The second-order valence-corrected chi connectivity index (χ2v) is 11.7. The Balaban J connectivity index is 2.42. The average molecular weight is 364 g/mol. The minimum Gasteiger partial charge on any atom is -0.407 e. The molecule has 1 unspecified atom stereocenters. The molecule has 0 aromatic heterocycles. The van der Waals surface area contributed by atoms with E-state index < -0.39 is 13.9 Å². The lowest BCUT2D eigenvalue weighted by Gasteiger charge is -2.39. The van der Waals surface area contributed by atoms with Gasteiger partial charge in [-0.05, 0) is 50.0 Å². The minimum atomic E-state index is -1.83. The van der Waals surface area contributed by atoms with Crippen molar-refractivity contribution in [3.05, 3.63) is 71.9 Å². The van der Waals surface area contributed by atoms with Crippen molar-refractivity contribution in [2.75, 3.05) is 11.4 Å². The highest BCUT2D eigenvalue weighted by Gasteiger charge is 2.35. The van der Waals surface area contributed by atoms with Crippen LogP contribution in [0.15, 0.2) is 61.0 Å². The van der Waals surface area contributed by atoms with Crippen LogP contribution in [0.25, 0.3) is 0 Å². The lowest BCUT2D eigenvalue weighted by molar-refractivity contribution is 0.124. The number of nitrogens with zero attached hydrogens (tertiary/aromatic N) is 1. The van der Waals surface area contributed by atoms with Gasteiger partial charge in [0.15, 0.2) is 8.32 Å². The Hall–Kier alpha value is -1.58. The molecule has 128 valence electrons. The molecule has 1 heterocycles. The summed E-state index contributed by atoms with van der Waals surface area (Å²) in [6, 6.07) is 4.38. The first-order valence-corrected chi connectivity index (χ1v) is 11.7. The Morgan fingerprint density at radius 3 is 2.83 bits per heavy atom. The molecule has 0 bridgehead atoms. The van der Waals surface area contributed by atoms with Crippen molar-refractivity contribution in [3.8, 4) is 0 Å². The number of benzene rings is 1. The van der Waals surface area contributed by atoms with Gasteiger partial charge >= 0.3 is 0 Å². The Kier molecular flexibility index (Phi) is 5.89. The summed E-state index contributed by atoms with van der Waals surface area (Å²) < 4.78 is 20.2. The Morgan fingerprint density at radius 1 is 1.42 bits per heavy atom. The molecular formula is C19H23ClFNOSi. The molecule has 0 radical (unpaired) electrons. The third-order valence-electron chi connectivity index (χ3n) is 3.53. The van der Waals surface area contributed by atoms with Gasteiger partial charge in [0, 0.05) is 12.6 Å². The highest BCUT2D eigenvalue weighted by atomic mass is 35.5. The third-order valence-corrected chi connectivity index (χ3v) is 4.87. The molecule has 1 aliphatic heterocycles. The summed E-state index contributed by atoms with van der Waals surface area (Å²) in [7, 11) is -1.83. The molecule has 1 aliphatic rings. The zero-order chi connectivity index (χ0) is 17.8. The Labute approximate surface area is 149 Å². The molecule has 1 aromatic rings. The summed E-state index contributed by atoms with van der Waals surface area (Å²) in [5, 5.41) is 0.504. The van der Waals surface area contributed by atoms with Crippen LogP contribution in [0.3, 0.4) is 0 Å². The molecular weight excluding hydrogens is 341 g/mol. The first-order chi connectivity index (χ1) is 11.2. The van der Waals surface area contributed by atoms with E-state index in [-0.39, 0.29) is 5.82 Å². The highest BCUT2D eigenvalue weighted by Crippen LogP contribution is 2.33. The highest BCUT2D eigenvalue weighted by molar-refractivity contribution is 6.69. The molecule has 0 N–H and O–H groups in total. The van der Waals surface area contributed by atoms with Crippen LogP contribution in [0.2, 0.25) is 24.7 Å². The predicted molar refractivity (Wildman–Crippen MR) is 103 cm³/mol. The van der Waals surface area contributed by atoms with E-state index in [4.69, 9.17) is 16.0 Å². The zero-order valence-corrected chi connectivity index (χ0v) is 16.1. The maximum atomic E-state index is 13.7. The number of hydrogen-bond donors (Lipinski definition) is 0. The zero-order valence-electron chi connectivity index (χ0n) is 14.4. The molecule has 0 saturated carbocycles. The number of hydrogen-bond acceptors (Lipinski definition) is 2. The van der Waals surface area contributed by atoms with Gasteiger partial charge < -0.3 is 9.33 Å². The van der Waals surface area contributed by atoms with Crippen molar-refractivity contribution in [3.63, 3.8) is 0 Å². The van der Waals surface area contributed by atoms with Crippen molar-refractivity contribution in [2.24, 2.45) is 0 Å². The molecule has 0 spiro atoms. The first kappa shape index (κ1) is 18.8. The fraction of sp³-hybridized carbons (Fsp3) is 0.316. The number of anilines is 1. The largest absolute Gasteiger partial charge is 0.407 e. The molecule has 1 aromatic carbocycles. The molecule has 0 saturated heterocycles. The van der Waals surface area contributed by atoms with Crippen molar-refractivity contribution in [1.29, 1.82) is 0 Å². The molecule has 2 nitrogen and oxygen atoms in total. The van der Waals surface area contributed by atoms with E-state index in [0.717, 1.165) is 0 Å². The van der Waals surface area contributed by atoms with Gasteiger partial charge in [-0.25, -0.2) is 4.39 Å². The van der Waals surface area contributed by atoms with Gasteiger partial charge in [-0.1, -0.05) is 30.3 Å². The van der Waals surface area contributed by atoms with Crippen molar-refractivity contribution >= 4 is 25.6 Å². The van der Waals surface area contributed by atoms with E-state index in [1.54, 1.807) is 6.07 Å². The number of allylic oxidation sites excluding steroid dienone is 2. The molecule has 5 heteroatoms. The summed E-state index contributed by atoms with van der Waals surface area (Å²) in [5.74, 6) is -0.317. The second-order valence-electron chi connectivity index (χ2n) is 6.82. The van der Waals surface area contributed by atoms with E-state index in [1.165, 1.54) is 12.1 Å². The van der Waals surface area contributed by atoms with Gasteiger partial charge in [0.1, 0.15) is 5.82 Å². The molecule has 0 aliphatic carbocycles. The molecule has 1 atom stereocenters. The van der Waals surface area contributed by atoms with Crippen LogP contribution < -0.4 is 4.90 Å². The van der Waals surface area contributed by atoms with Gasteiger partial charge in [-0.3, -0.25) is 0 Å². The summed E-state index contributed by atoms with van der Waals surface area (Å²) in [6.45, 7) is 10.6. The topological polar surface area (TPSA) is 12.5 Å². The van der Waals surface area contributed by atoms with E-state index in [0.29, 0.717) is 23.7 Å². The maximum absolute atomic E-state index is 13.7. The lowest BCUT2D eigenvalue weighted by atomic mass is 9.98. The smallest absolute Gasteiger partial charge is 0.185 e. The minimum absolute atomic E-state index is 0.317. The van der Waals surface area contributed by atoms with Gasteiger partial charge in [0.25, 0.3) is 0 Å². The molecule has 24 heavy (non-hydrogen) atoms. The van der Waals surface area contributed by atoms with E-state index in [9.17, 15) is 4.39 Å². The standard InChI is InChI=1S/C19H23ClFNOSi/c1-5-6-11-19(23-24(2,3)4)12-7-8-13-22(15-19)18-14-16(21)9-10-17(18)20/h6-10,12-14H,1,11,15H2,2-4H3. The first-order valence-electron chi connectivity index (χ1n) is 7.87. The fourth-order valence-corrected chi connectivity index (χ4v) is 4.41. The van der Waals surface area contributed by atoms with Gasteiger partial charge in [0.2, 0.25) is 0 Å². The van der Waals surface area contributed by atoms with Crippen molar-refractivity contribution in [2.45, 2.75) is 31.7 Å². The number of halogens is 2. The van der Waals surface area contributed by atoms with Crippen molar-refractivity contribution in [1.82, 2.24) is 0 Å². The van der Waals surface area contributed by atoms with Gasteiger partial charge in [-0.2, -0.15) is 0 Å². The summed E-state index contributed by atoms with van der Waals surface area (Å²) >= 11 is 6.29. The van der Waals surface area contributed by atoms with Crippen LogP contribution in [0.4, 0.5) is 10.1 Å². The Bertz CT molecular complexity index is 704. The number of rotatable bonds is 5. The summed E-state index contributed by atoms with van der Waals surface area (Å²) in [6.07, 6.45) is 10.3. The van der Waals surface area contributed by atoms with E-state index in [2.05, 4.69) is 38.0 Å². The quantitative estimate of drug-likeness (QED) is 0.492. The summed E-state index contributed by atoms with van der Waals surface area (Å²) in [4.78, 5) is 1.93. The molecule has 2 rings (SSSR count). The van der Waals surface area contributed by atoms with Crippen LogP contribution in [0.1, 0.15) is 6.42 Å². The fourth-order valence-electron chi connectivity index (χ4n) is 2.74. The van der Waals surface area contributed by atoms with Gasteiger partial charge in [-0.15, -0.1) is 5.73 Å². The predicted octanol–water partition coefficient (Wildman–Crippen LogP) is 5.69. The van der Waals surface area contributed by atoms with Crippen LogP contribution >= 0.6 is 11.6 Å². The van der Waals surface area contributed by atoms with Crippen molar-refractivity contribution < 1.29 is 8.82 Å². The molecule has 0 amide bonds. The SMILES string of the molecule is C=C=CCC1(O[Si](C)(C)C)C=CC=CN(c2cc(F)ccc2Cl)C1. The van der Waals surface area contributed by atoms with E-state index >= 15 is 0 Å². The molecule has 0 fully saturated rings. The average Bonchev–Trinajstić information content (AvgIpc) is 2.69. The van der Waals surface area contributed by atoms with Gasteiger partial charge in [0.05, 0.1) is 22.9 Å². The maximum Gasteiger partial charge on any atom is 0.185 e. The van der Waals surface area contributed by atoms with Crippen LogP contribution in [-0.2, 0) is 4.43 Å². The summed E-state index contributed by atoms with van der Waals surface area (Å²) in [5.41, 5.74) is 2.92. The third kappa shape index (κ3) is 4.95. The normalized spacial score (nSPS) is 20.6. The van der Waals surface area contributed by atoms with Crippen LogP contribution in [0, 0.1) is 5.82 Å². The van der Waals surface area contributed by atoms with Crippen LogP contribution in [-0.4, -0.2) is 20.5 Å². The lowest BCUT2D eigenvalue weighted by Crippen LogP contribution is -2.47. The van der Waals surface area contributed by atoms with E-state index in [1.807, 2.05) is 29.3 Å². The second kappa shape index (κ2) is 7.54. The Morgan fingerprint density at radius 2 is 2.17 bits per heavy atom. The van der Waals surface area contributed by atoms with Crippen LogP contribution in [0.5, 0.6) is 0 Å².